The molecule has 0 fully saturated rings. The first kappa shape index (κ1) is 65.7. The normalized spacial score (nSPS) is 14.6. The molecule has 0 aromatic rings. The molecule has 3 unspecified atom stereocenters. The molecule has 0 bridgehead atoms. The van der Waals surface area contributed by atoms with Gasteiger partial charge in [0.15, 0.2) is 0 Å². The van der Waals surface area contributed by atoms with Crippen LogP contribution in [0.5, 0.6) is 0 Å². The van der Waals surface area contributed by atoms with Gasteiger partial charge in [0.05, 0.1) is 39.9 Å². The topological polar surface area (TPSA) is 105 Å². The van der Waals surface area contributed by atoms with E-state index in [1.165, 1.54) is 122 Å². The maximum atomic E-state index is 13.0. The highest BCUT2D eigenvalue weighted by Crippen LogP contribution is 2.43. The van der Waals surface area contributed by atoms with Crippen LogP contribution in [0.25, 0.3) is 0 Å². The minimum Gasteiger partial charge on any atom is -0.387 e. The number of aliphatic hydroxyl groups is 1. The lowest BCUT2D eigenvalue weighted by Crippen LogP contribution is -2.45. The summed E-state index contributed by atoms with van der Waals surface area (Å²) >= 11 is 0. The average Bonchev–Trinajstić information content (AvgIpc) is 3.30. The molecule has 0 saturated heterocycles. The Hall–Kier alpha value is -2.32. The Labute approximate surface area is 420 Å². The number of hydrogen-bond donors (Lipinski definition) is 3. The van der Waals surface area contributed by atoms with Gasteiger partial charge < -0.3 is 19.8 Å². The summed E-state index contributed by atoms with van der Waals surface area (Å²) in [5.41, 5.74) is 0. The van der Waals surface area contributed by atoms with E-state index in [1.807, 2.05) is 27.2 Å². The van der Waals surface area contributed by atoms with Crippen molar-refractivity contribution in [3.63, 3.8) is 0 Å². The van der Waals surface area contributed by atoms with Crippen LogP contribution in [0.3, 0.4) is 0 Å². The van der Waals surface area contributed by atoms with Crippen LogP contribution in [0.15, 0.2) is 85.1 Å². The van der Waals surface area contributed by atoms with E-state index in [-0.39, 0.29) is 19.1 Å². The zero-order valence-electron chi connectivity index (χ0n) is 44.8. The highest BCUT2D eigenvalue weighted by Gasteiger charge is 2.27. The van der Waals surface area contributed by atoms with E-state index in [4.69, 9.17) is 9.05 Å². The lowest BCUT2D eigenvalue weighted by Gasteiger charge is -2.25. The molecular formula is C59H108N2O6P+. The monoisotopic (exact) mass is 972 g/mol. The van der Waals surface area contributed by atoms with Crippen molar-refractivity contribution in [3.05, 3.63) is 85.1 Å². The molecule has 9 heteroatoms. The van der Waals surface area contributed by atoms with Gasteiger partial charge in [-0.3, -0.25) is 13.8 Å². The quantitative estimate of drug-likeness (QED) is 0.0243. The van der Waals surface area contributed by atoms with Crippen molar-refractivity contribution in [1.29, 1.82) is 0 Å². The van der Waals surface area contributed by atoms with E-state index >= 15 is 0 Å². The number of amides is 1. The smallest absolute Gasteiger partial charge is 0.387 e. The first-order valence-corrected chi connectivity index (χ1v) is 29.5. The van der Waals surface area contributed by atoms with Crippen LogP contribution in [0, 0.1) is 0 Å². The van der Waals surface area contributed by atoms with Gasteiger partial charge in [0, 0.05) is 6.42 Å². The molecule has 68 heavy (non-hydrogen) atoms. The Morgan fingerprint density at radius 2 is 0.882 bits per heavy atom. The molecule has 0 saturated carbocycles. The molecule has 0 radical (unpaired) electrons. The second-order valence-corrected chi connectivity index (χ2v) is 21.4. The number of aliphatic hydroxyl groups excluding tert-OH is 1. The van der Waals surface area contributed by atoms with Crippen molar-refractivity contribution in [3.8, 4) is 0 Å². The van der Waals surface area contributed by atoms with E-state index in [1.54, 1.807) is 6.08 Å². The predicted octanol–water partition coefficient (Wildman–Crippen LogP) is 16.9. The van der Waals surface area contributed by atoms with Gasteiger partial charge in [-0.15, -0.1) is 0 Å². The van der Waals surface area contributed by atoms with Crippen molar-refractivity contribution in [1.82, 2.24) is 5.32 Å². The van der Waals surface area contributed by atoms with Crippen molar-refractivity contribution < 1.29 is 32.9 Å². The average molecular weight is 972 g/mol. The summed E-state index contributed by atoms with van der Waals surface area (Å²) in [5, 5.41) is 13.9. The lowest BCUT2D eigenvalue weighted by molar-refractivity contribution is -0.870. The van der Waals surface area contributed by atoms with Crippen LogP contribution in [-0.2, 0) is 18.4 Å². The van der Waals surface area contributed by atoms with E-state index in [0.717, 1.165) is 89.9 Å². The number of quaternary nitrogens is 1. The largest absolute Gasteiger partial charge is 0.472 e. The fraction of sp³-hybridized carbons (Fsp3) is 0.746. The van der Waals surface area contributed by atoms with Gasteiger partial charge in [0.25, 0.3) is 0 Å². The van der Waals surface area contributed by atoms with E-state index in [2.05, 4.69) is 92.1 Å². The number of likely N-dealkylation sites (N-methyl/N-ethyl adjacent to an activating group) is 1. The van der Waals surface area contributed by atoms with E-state index in [9.17, 15) is 19.4 Å². The molecule has 0 aromatic heterocycles. The Morgan fingerprint density at radius 3 is 1.29 bits per heavy atom. The fourth-order valence-corrected chi connectivity index (χ4v) is 8.49. The zero-order chi connectivity index (χ0) is 49.9. The van der Waals surface area contributed by atoms with Gasteiger partial charge in [-0.05, 0) is 70.6 Å². The molecule has 0 heterocycles. The van der Waals surface area contributed by atoms with Gasteiger partial charge in [-0.25, -0.2) is 4.57 Å². The number of hydrogen-bond acceptors (Lipinski definition) is 5. The van der Waals surface area contributed by atoms with Crippen molar-refractivity contribution >= 4 is 13.7 Å². The minimum atomic E-state index is -4.36. The third-order valence-electron chi connectivity index (χ3n) is 12.1. The number of carbonyl (C=O) groups is 1. The van der Waals surface area contributed by atoms with Crippen molar-refractivity contribution in [2.75, 3.05) is 40.9 Å². The molecule has 3 N–H and O–H groups in total. The third kappa shape index (κ3) is 51.5. The number of nitrogens with zero attached hydrogens (tertiary/aromatic N) is 1. The maximum Gasteiger partial charge on any atom is 0.472 e. The Balaban J connectivity index is 4.31. The number of allylic oxidation sites excluding steroid dienone is 13. The molecular weight excluding hydrogens is 864 g/mol. The number of phosphoric acid groups is 1. The highest BCUT2D eigenvalue weighted by molar-refractivity contribution is 7.47. The maximum absolute atomic E-state index is 13.0. The molecule has 0 rings (SSSR count). The Morgan fingerprint density at radius 1 is 0.515 bits per heavy atom. The highest BCUT2D eigenvalue weighted by atomic mass is 31.2. The zero-order valence-corrected chi connectivity index (χ0v) is 45.7. The molecule has 8 nitrogen and oxygen atoms in total. The van der Waals surface area contributed by atoms with Crippen LogP contribution in [-0.4, -0.2) is 73.4 Å². The van der Waals surface area contributed by atoms with Crippen LogP contribution in [0.1, 0.15) is 232 Å². The second-order valence-electron chi connectivity index (χ2n) is 19.9. The first-order chi connectivity index (χ1) is 33.0. The predicted molar refractivity (Wildman–Crippen MR) is 295 cm³/mol. The molecule has 0 aliphatic heterocycles. The molecule has 394 valence electrons. The van der Waals surface area contributed by atoms with Crippen LogP contribution in [0.4, 0.5) is 0 Å². The number of nitrogens with one attached hydrogen (secondary N) is 1. The minimum absolute atomic E-state index is 0.0543. The summed E-state index contributed by atoms with van der Waals surface area (Å²) in [6.45, 7) is 4.70. The molecule has 3 atom stereocenters. The number of phosphoric ester groups is 1. The first-order valence-electron chi connectivity index (χ1n) is 28.0. The number of unbranched alkanes of at least 4 members (excludes halogenated alkanes) is 25. The molecule has 0 aliphatic carbocycles. The van der Waals surface area contributed by atoms with Gasteiger partial charge in [-0.2, -0.15) is 0 Å². The lowest BCUT2D eigenvalue weighted by atomic mass is 10.0. The molecule has 0 aliphatic rings. The standard InChI is InChI=1S/C59H107N2O6P/c1-6-8-10-12-14-16-18-20-22-24-26-28-29-30-31-33-35-37-39-41-43-45-47-49-51-53-59(63)60-57(56-67-68(64,65)66-55-54-61(3,4)5)58(62)52-50-48-46-44-42-40-38-36-34-32-27-25-23-21-19-17-15-13-11-9-7-2/h8,10,14,16,20,22,26,28,30-31,35,37,50,52,57-58,62H,6-7,9,11-13,15,17-19,21,23-25,27,29,32-34,36,38-49,51,53-56H2,1-5H3,(H-,60,63,64,65)/p+1/b10-8-,16-14-,22-20-,28-26-,31-30-,37-35-,52-50+. The Bertz CT molecular complexity index is 1380. The van der Waals surface area contributed by atoms with Gasteiger partial charge in [0.1, 0.15) is 13.2 Å². The molecule has 0 aromatic carbocycles. The molecule has 1 amide bonds. The van der Waals surface area contributed by atoms with E-state index < -0.39 is 20.0 Å². The number of carbonyl (C=O) groups excluding carboxylic acids is 1. The summed E-state index contributed by atoms with van der Waals surface area (Å²) in [4.78, 5) is 23.3. The molecule has 0 spiro atoms. The van der Waals surface area contributed by atoms with Crippen molar-refractivity contribution in [2.24, 2.45) is 0 Å². The fourth-order valence-electron chi connectivity index (χ4n) is 7.75. The van der Waals surface area contributed by atoms with E-state index in [0.29, 0.717) is 17.4 Å². The summed E-state index contributed by atoms with van der Waals surface area (Å²) in [6, 6.07) is -0.861. The summed E-state index contributed by atoms with van der Waals surface area (Å²) in [7, 11) is 1.55. The van der Waals surface area contributed by atoms with Gasteiger partial charge in [-0.1, -0.05) is 240 Å². The van der Waals surface area contributed by atoms with Gasteiger partial charge in [0.2, 0.25) is 5.91 Å². The second kappa shape index (κ2) is 49.7. The van der Waals surface area contributed by atoms with Crippen LogP contribution < -0.4 is 5.32 Å². The summed E-state index contributed by atoms with van der Waals surface area (Å²) in [6.07, 6.45) is 69.5. The van der Waals surface area contributed by atoms with Crippen LogP contribution in [0.2, 0.25) is 0 Å². The number of rotatable bonds is 50. The van der Waals surface area contributed by atoms with Gasteiger partial charge >= 0.3 is 7.82 Å². The Kier molecular flexibility index (Phi) is 48.0. The summed E-state index contributed by atoms with van der Waals surface area (Å²) < 4.78 is 23.7. The third-order valence-corrected chi connectivity index (χ3v) is 13.1. The van der Waals surface area contributed by atoms with Crippen LogP contribution >= 0.6 is 7.82 Å². The van der Waals surface area contributed by atoms with Crippen molar-refractivity contribution in [2.45, 2.75) is 244 Å². The summed E-state index contributed by atoms with van der Waals surface area (Å²) in [5.74, 6) is -0.193. The SMILES string of the molecule is CC/C=C\C/C=C\C/C=C\C/C=C\C/C=C\C/C=C\CCCCCCCCC(=O)NC(COP(=O)(O)OCC[N+](C)(C)C)C(O)/C=C/CCCCCCCCCCCCCCCCCCCCC.